The molecule has 1 aliphatic rings. The second-order valence-corrected chi connectivity index (χ2v) is 3.52. The van der Waals surface area contributed by atoms with Gasteiger partial charge in [-0.2, -0.15) is 0 Å². The molecular formula is C9H19N3O. The molecule has 1 rings (SSSR count). The molecule has 0 radical (unpaired) electrons. The molecule has 1 fully saturated rings. The van der Waals surface area contributed by atoms with Gasteiger partial charge in [-0.3, -0.25) is 5.01 Å². The molecule has 0 aromatic heterocycles. The third-order valence-corrected chi connectivity index (χ3v) is 2.37. The maximum atomic E-state index is 11.6. The first-order chi connectivity index (χ1) is 6.25. The topological polar surface area (TPSA) is 49.6 Å². The number of nitrogens with two attached hydrogens (primary N) is 1. The standard InChI is InChI=1S/C9H19N3O/c1-2-3-8-12(10)9(13)11-6-4-5-7-11/h2-8,10H2,1H3. The molecule has 1 heterocycles. The third kappa shape index (κ3) is 2.88. The van der Waals surface area contributed by atoms with E-state index in [0.29, 0.717) is 6.54 Å². The average Bonchev–Trinajstić information content (AvgIpc) is 2.65. The lowest BCUT2D eigenvalue weighted by molar-refractivity contribution is 0.162. The first kappa shape index (κ1) is 10.3. The Morgan fingerprint density at radius 2 is 2.08 bits per heavy atom. The van der Waals surface area contributed by atoms with Gasteiger partial charge in [0.05, 0.1) is 0 Å². The Labute approximate surface area is 79.6 Å². The van der Waals surface area contributed by atoms with Crippen LogP contribution in [0.2, 0.25) is 0 Å². The summed E-state index contributed by atoms with van der Waals surface area (Å²) in [6.45, 7) is 4.51. The number of rotatable bonds is 3. The largest absolute Gasteiger partial charge is 0.334 e. The normalized spacial score (nSPS) is 16.3. The lowest BCUT2D eigenvalue weighted by atomic mass is 10.3. The number of unbranched alkanes of at least 4 members (excludes halogenated alkanes) is 1. The van der Waals surface area contributed by atoms with Crippen molar-refractivity contribution in [2.75, 3.05) is 19.6 Å². The Balaban J connectivity index is 2.28. The van der Waals surface area contributed by atoms with Crippen LogP contribution in [0.1, 0.15) is 32.6 Å². The zero-order valence-corrected chi connectivity index (χ0v) is 8.33. The quantitative estimate of drug-likeness (QED) is 0.408. The summed E-state index contributed by atoms with van der Waals surface area (Å²) in [4.78, 5) is 13.4. The van der Waals surface area contributed by atoms with E-state index in [9.17, 15) is 4.79 Å². The van der Waals surface area contributed by atoms with Crippen LogP contribution in [0.3, 0.4) is 0 Å². The lowest BCUT2D eigenvalue weighted by Crippen LogP contribution is -2.46. The number of amides is 2. The highest BCUT2D eigenvalue weighted by atomic mass is 16.2. The van der Waals surface area contributed by atoms with Crippen LogP contribution < -0.4 is 5.84 Å². The van der Waals surface area contributed by atoms with Crippen LogP contribution in [-0.2, 0) is 0 Å². The molecule has 0 spiro atoms. The summed E-state index contributed by atoms with van der Waals surface area (Å²) in [7, 11) is 0. The zero-order valence-electron chi connectivity index (χ0n) is 8.33. The van der Waals surface area contributed by atoms with Gasteiger partial charge in [0.2, 0.25) is 0 Å². The Morgan fingerprint density at radius 3 is 2.62 bits per heavy atom. The number of carbonyl (C=O) groups excluding carboxylic acids is 1. The number of nitrogens with zero attached hydrogens (tertiary/aromatic N) is 2. The molecule has 0 unspecified atom stereocenters. The van der Waals surface area contributed by atoms with Gasteiger partial charge in [0.25, 0.3) is 0 Å². The fraction of sp³-hybridized carbons (Fsp3) is 0.889. The number of likely N-dealkylation sites (tertiary alicyclic amines) is 1. The summed E-state index contributed by atoms with van der Waals surface area (Å²) in [5.41, 5.74) is 0. The fourth-order valence-electron chi connectivity index (χ4n) is 1.51. The van der Waals surface area contributed by atoms with Crippen molar-refractivity contribution in [3.8, 4) is 0 Å². The van der Waals surface area contributed by atoms with Crippen LogP contribution in [0.15, 0.2) is 0 Å². The molecule has 2 amide bonds. The highest BCUT2D eigenvalue weighted by Gasteiger charge is 2.20. The predicted molar refractivity (Wildman–Crippen MR) is 52.0 cm³/mol. The van der Waals surface area contributed by atoms with Crippen LogP contribution in [0.5, 0.6) is 0 Å². The van der Waals surface area contributed by atoms with E-state index < -0.39 is 0 Å². The number of hydrogen-bond donors (Lipinski definition) is 1. The number of hydrazine groups is 1. The number of urea groups is 1. The van der Waals surface area contributed by atoms with Gasteiger partial charge in [-0.1, -0.05) is 13.3 Å². The molecule has 0 aliphatic carbocycles. The molecule has 0 saturated carbocycles. The lowest BCUT2D eigenvalue weighted by Gasteiger charge is -2.23. The van der Waals surface area contributed by atoms with E-state index >= 15 is 0 Å². The molecule has 0 aromatic carbocycles. The second-order valence-electron chi connectivity index (χ2n) is 3.52. The average molecular weight is 185 g/mol. The van der Waals surface area contributed by atoms with E-state index in [4.69, 9.17) is 5.84 Å². The highest BCUT2D eigenvalue weighted by molar-refractivity contribution is 5.73. The Hall–Kier alpha value is -0.770. The first-order valence-electron chi connectivity index (χ1n) is 5.07. The van der Waals surface area contributed by atoms with Gasteiger partial charge < -0.3 is 4.90 Å². The van der Waals surface area contributed by atoms with Crippen molar-refractivity contribution < 1.29 is 4.79 Å². The SMILES string of the molecule is CCCCN(N)C(=O)N1CCCC1. The summed E-state index contributed by atoms with van der Waals surface area (Å²) in [6.07, 6.45) is 4.29. The maximum Gasteiger partial charge on any atom is 0.334 e. The minimum Gasteiger partial charge on any atom is -0.324 e. The van der Waals surface area contributed by atoms with Crippen LogP contribution >= 0.6 is 0 Å². The zero-order chi connectivity index (χ0) is 9.68. The van der Waals surface area contributed by atoms with E-state index in [1.165, 1.54) is 5.01 Å². The van der Waals surface area contributed by atoms with Gasteiger partial charge in [-0.15, -0.1) is 0 Å². The summed E-state index contributed by atoms with van der Waals surface area (Å²) < 4.78 is 0. The van der Waals surface area contributed by atoms with Gasteiger partial charge in [0.15, 0.2) is 0 Å². The van der Waals surface area contributed by atoms with Crippen LogP contribution in [0.4, 0.5) is 4.79 Å². The Morgan fingerprint density at radius 1 is 1.46 bits per heavy atom. The molecule has 4 nitrogen and oxygen atoms in total. The van der Waals surface area contributed by atoms with Gasteiger partial charge in [0.1, 0.15) is 0 Å². The van der Waals surface area contributed by atoms with Gasteiger partial charge in [-0.25, -0.2) is 10.6 Å². The van der Waals surface area contributed by atoms with E-state index in [1.807, 2.05) is 4.90 Å². The minimum absolute atomic E-state index is 0.00838. The van der Waals surface area contributed by atoms with Crippen molar-refractivity contribution in [3.05, 3.63) is 0 Å². The summed E-state index contributed by atoms with van der Waals surface area (Å²) in [6, 6.07) is -0.00838. The van der Waals surface area contributed by atoms with E-state index in [1.54, 1.807) is 0 Å². The molecule has 4 heteroatoms. The van der Waals surface area contributed by atoms with E-state index in [-0.39, 0.29) is 6.03 Å². The smallest absolute Gasteiger partial charge is 0.324 e. The minimum atomic E-state index is -0.00838. The summed E-state index contributed by atoms with van der Waals surface area (Å²) in [5, 5.41) is 1.34. The van der Waals surface area contributed by atoms with Crippen LogP contribution in [0, 0.1) is 0 Å². The van der Waals surface area contributed by atoms with Gasteiger partial charge in [0, 0.05) is 19.6 Å². The molecule has 0 aromatic rings. The van der Waals surface area contributed by atoms with Gasteiger partial charge in [-0.05, 0) is 19.3 Å². The van der Waals surface area contributed by atoms with Crippen LogP contribution in [-0.4, -0.2) is 35.6 Å². The van der Waals surface area contributed by atoms with Crippen molar-refractivity contribution in [1.29, 1.82) is 0 Å². The van der Waals surface area contributed by atoms with Gasteiger partial charge >= 0.3 is 6.03 Å². The Kier molecular flexibility index (Phi) is 4.02. The van der Waals surface area contributed by atoms with E-state index in [0.717, 1.165) is 38.8 Å². The Bertz CT molecular complexity index is 166. The molecule has 0 atom stereocenters. The third-order valence-electron chi connectivity index (χ3n) is 2.37. The molecule has 2 N–H and O–H groups in total. The monoisotopic (exact) mass is 185 g/mol. The van der Waals surface area contributed by atoms with Crippen molar-refractivity contribution in [2.45, 2.75) is 32.6 Å². The van der Waals surface area contributed by atoms with Crippen molar-refractivity contribution in [2.24, 2.45) is 5.84 Å². The van der Waals surface area contributed by atoms with Crippen molar-refractivity contribution in [1.82, 2.24) is 9.91 Å². The molecule has 0 bridgehead atoms. The number of carbonyl (C=O) groups is 1. The molecule has 1 aliphatic heterocycles. The summed E-state index contributed by atoms with van der Waals surface area (Å²) in [5.74, 6) is 5.63. The first-order valence-corrected chi connectivity index (χ1v) is 5.07. The molecule has 13 heavy (non-hydrogen) atoms. The highest BCUT2D eigenvalue weighted by Crippen LogP contribution is 2.09. The predicted octanol–water partition coefficient (Wildman–Crippen LogP) is 1.18. The summed E-state index contributed by atoms with van der Waals surface area (Å²) >= 11 is 0. The maximum absolute atomic E-state index is 11.6. The second kappa shape index (κ2) is 5.07. The molecular weight excluding hydrogens is 166 g/mol. The number of hydrogen-bond acceptors (Lipinski definition) is 2. The van der Waals surface area contributed by atoms with Crippen molar-refractivity contribution in [3.63, 3.8) is 0 Å². The molecule has 76 valence electrons. The van der Waals surface area contributed by atoms with E-state index in [2.05, 4.69) is 6.92 Å². The van der Waals surface area contributed by atoms with Crippen LogP contribution in [0.25, 0.3) is 0 Å². The molecule has 1 saturated heterocycles. The van der Waals surface area contributed by atoms with Crippen molar-refractivity contribution >= 4 is 6.03 Å². The fourth-order valence-corrected chi connectivity index (χ4v) is 1.51.